The molecule has 12 rings (SSSR count). The molecule has 0 heterocycles. The first kappa shape index (κ1) is 32.3. The molecule has 1 atom stereocenters. The molecule has 0 N–H and O–H groups in total. The van der Waals surface area contributed by atoms with Gasteiger partial charge in [-0.15, -0.1) is 0 Å². The summed E-state index contributed by atoms with van der Waals surface area (Å²) in [7, 11) is 0. The molecule has 9 aromatic rings. The van der Waals surface area contributed by atoms with Crippen LogP contribution in [0, 0.1) is 0 Å². The largest absolute Gasteiger partial charge is 0.310 e. The predicted octanol–water partition coefficient (Wildman–Crippen LogP) is 14.6. The van der Waals surface area contributed by atoms with Crippen LogP contribution in [0.15, 0.2) is 200 Å². The molecule has 1 nitrogen and oxygen atoms in total. The Morgan fingerprint density at radius 2 is 0.860 bits per heavy atom. The van der Waals surface area contributed by atoms with Crippen LogP contribution in [0.25, 0.3) is 55.3 Å². The van der Waals surface area contributed by atoms with Crippen molar-refractivity contribution in [1.82, 2.24) is 0 Å². The van der Waals surface area contributed by atoms with E-state index in [9.17, 15) is 0 Å². The molecule has 3 aliphatic rings. The van der Waals surface area contributed by atoms with Crippen molar-refractivity contribution in [3.05, 3.63) is 234 Å². The van der Waals surface area contributed by atoms with E-state index in [1.54, 1.807) is 0 Å². The van der Waals surface area contributed by atoms with Crippen LogP contribution in [0.1, 0.15) is 47.2 Å². The van der Waals surface area contributed by atoms with Gasteiger partial charge in [-0.3, -0.25) is 0 Å². The highest BCUT2D eigenvalue weighted by Gasteiger charge is 2.51. The summed E-state index contributed by atoms with van der Waals surface area (Å²) in [6, 6.07) is 75.1. The SMILES string of the molecule is CC1(C)c2ccccc2-c2ccc(N(c3ccccc3)c3ccc4c(c3)C3(c5ccccc5-c5cccc6cccc3c56)c3cccc(-c5ccccc5)c3-4)cc21. The molecular formula is C56H39N. The van der Waals surface area contributed by atoms with Gasteiger partial charge in [0.15, 0.2) is 0 Å². The number of anilines is 3. The van der Waals surface area contributed by atoms with Crippen molar-refractivity contribution in [1.29, 1.82) is 0 Å². The van der Waals surface area contributed by atoms with E-state index in [0.717, 1.165) is 17.1 Å². The van der Waals surface area contributed by atoms with Gasteiger partial charge in [-0.25, -0.2) is 0 Å². The second-order valence-corrected chi connectivity index (χ2v) is 16.4. The van der Waals surface area contributed by atoms with Crippen molar-refractivity contribution in [2.24, 2.45) is 0 Å². The van der Waals surface area contributed by atoms with E-state index >= 15 is 0 Å². The minimum Gasteiger partial charge on any atom is -0.310 e. The molecule has 0 saturated heterocycles. The zero-order valence-electron chi connectivity index (χ0n) is 32.0. The second-order valence-electron chi connectivity index (χ2n) is 16.4. The van der Waals surface area contributed by atoms with E-state index in [1.165, 1.54) is 88.7 Å². The second kappa shape index (κ2) is 11.8. The average Bonchev–Trinajstić information content (AvgIpc) is 3.68. The Morgan fingerprint density at radius 1 is 0.333 bits per heavy atom. The van der Waals surface area contributed by atoms with Gasteiger partial charge in [-0.1, -0.05) is 178 Å². The van der Waals surface area contributed by atoms with Crippen LogP contribution >= 0.6 is 0 Å². The van der Waals surface area contributed by atoms with Crippen LogP contribution in [0.4, 0.5) is 17.1 Å². The van der Waals surface area contributed by atoms with Crippen LogP contribution < -0.4 is 4.90 Å². The summed E-state index contributed by atoms with van der Waals surface area (Å²) in [5, 5.41) is 2.62. The van der Waals surface area contributed by atoms with Crippen molar-refractivity contribution in [3.63, 3.8) is 0 Å². The van der Waals surface area contributed by atoms with Crippen LogP contribution in [0.3, 0.4) is 0 Å². The van der Waals surface area contributed by atoms with E-state index < -0.39 is 5.41 Å². The summed E-state index contributed by atoms with van der Waals surface area (Å²) in [6.07, 6.45) is 0. The Labute approximate surface area is 334 Å². The van der Waals surface area contributed by atoms with Crippen molar-refractivity contribution in [2.75, 3.05) is 4.90 Å². The zero-order chi connectivity index (χ0) is 37.9. The van der Waals surface area contributed by atoms with E-state index in [0.29, 0.717) is 0 Å². The lowest BCUT2D eigenvalue weighted by Gasteiger charge is -2.40. The molecule has 0 amide bonds. The predicted molar refractivity (Wildman–Crippen MR) is 238 cm³/mol. The maximum atomic E-state index is 2.52. The first-order chi connectivity index (χ1) is 28.0. The number of nitrogens with zero attached hydrogens (tertiary/aromatic N) is 1. The van der Waals surface area contributed by atoms with Crippen LogP contribution in [0.2, 0.25) is 0 Å². The topological polar surface area (TPSA) is 3.24 Å². The Hall–Kier alpha value is -6.96. The Morgan fingerprint density at radius 3 is 1.63 bits per heavy atom. The Bertz CT molecular complexity index is 3090. The lowest BCUT2D eigenvalue weighted by Crippen LogP contribution is -2.32. The third-order valence-electron chi connectivity index (χ3n) is 13.3. The lowest BCUT2D eigenvalue weighted by molar-refractivity contribution is 0.660. The number of hydrogen-bond acceptors (Lipinski definition) is 1. The zero-order valence-corrected chi connectivity index (χ0v) is 32.0. The molecular weight excluding hydrogens is 687 g/mol. The van der Waals surface area contributed by atoms with Crippen LogP contribution in [-0.4, -0.2) is 0 Å². The van der Waals surface area contributed by atoms with Gasteiger partial charge in [-0.2, -0.15) is 0 Å². The standard InChI is InChI=1S/C56H39N/c1-55(2)47-26-11-9-22-42(47)44-32-30-39(34-51(44)55)57(38-20-7-4-8-21-38)40-31-33-46-52(35-40)56(50-29-15-24-41(54(46)50)36-16-5-3-6-17-36)48-27-12-10-23-43(48)45-25-13-18-37-19-14-28-49(56)53(37)45/h3-35H,1-2H3. The Kier molecular flexibility index (Phi) is 6.67. The average molecular weight is 726 g/mol. The summed E-state index contributed by atoms with van der Waals surface area (Å²) >= 11 is 0. The van der Waals surface area contributed by atoms with Crippen molar-refractivity contribution < 1.29 is 0 Å². The van der Waals surface area contributed by atoms with E-state index in [-0.39, 0.29) is 5.41 Å². The molecule has 0 saturated carbocycles. The third-order valence-corrected chi connectivity index (χ3v) is 13.3. The van der Waals surface area contributed by atoms with E-state index in [1.807, 2.05) is 0 Å². The van der Waals surface area contributed by atoms with Gasteiger partial charge in [0, 0.05) is 22.5 Å². The molecule has 268 valence electrons. The first-order valence-corrected chi connectivity index (χ1v) is 20.1. The van der Waals surface area contributed by atoms with Crippen molar-refractivity contribution >= 4 is 27.8 Å². The molecule has 1 spiro atoms. The number of benzene rings is 9. The highest BCUT2D eigenvalue weighted by Crippen LogP contribution is 2.64. The molecule has 9 aromatic carbocycles. The quantitative estimate of drug-likeness (QED) is 0.175. The van der Waals surface area contributed by atoms with Crippen molar-refractivity contribution in [2.45, 2.75) is 24.7 Å². The third kappa shape index (κ3) is 4.29. The van der Waals surface area contributed by atoms with E-state index in [2.05, 4.69) is 219 Å². The van der Waals surface area contributed by atoms with Gasteiger partial charge < -0.3 is 4.90 Å². The fourth-order valence-corrected chi connectivity index (χ4v) is 10.9. The maximum Gasteiger partial charge on any atom is 0.0726 e. The van der Waals surface area contributed by atoms with Gasteiger partial charge in [0.2, 0.25) is 0 Å². The molecule has 0 aliphatic heterocycles. The Balaban J connectivity index is 1.17. The minimum absolute atomic E-state index is 0.111. The lowest BCUT2D eigenvalue weighted by atomic mass is 9.61. The van der Waals surface area contributed by atoms with Crippen LogP contribution in [-0.2, 0) is 10.8 Å². The van der Waals surface area contributed by atoms with Crippen molar-refractivity contribution in [3.8, 4) is 44.5 Å². The summed E-state index contributed by atoms with van der Waals surface area (Å²) in [5.74, 6) is 0. The molecule has 0 aromatic heterocycles. The number of rotatable bonds is 4. The number of para-hydroxylation sites is 1. The first-order valence-electron chi connectivity index (χ1n) is 20.1. The van der Waals surface area contributed by atoms with Gasteiger partial charge in [0.25, 0.3) is 0 Å². The molecule has 0 fully saturated rings. The minimum atomic E-state index is -0.542. The van der Waals surface area contributed by atoms with Gasteiger partial charge in [-0.05, 0) is 125 Å². The van der Waals surface area contributed by atoms with Gasteiger partial charge in [0.1, 0.15) is 0 Å². The summed E-state index contributed by atoms with van der Waals surface area (Å²) in [4.78, 5) is 2.47. The monoisotopic (exact) mass is 725 g/mol. The highest BCUT2D eigenvalue weighted by atomic mass is 15.1. The van der Waals surface area contributed by atoms with Crippen LogP contribution in [0.5, 0.6) is 0 Å². The summed E-state index contributed by atoms with van der Waals surface area (Å²) in [6.45, 7) is 4.74. The van der Waals surface area contributed by atoms with E-state index in [4.69, 9.17) is 0 Å². The van der Waals surface area contributed by atoms with Gasteiger partial charge in [0.05, 0.1) is 5.41 Å². The smallest absolute Gasteiger partial charge is 0.0726 e. The molecule has 1 heteroatoms. The normalized spacial score (nSPS) is 16.1. The molecule has 57 heavy (non-hydrogen) atoms. The molecule has 3 aliphatic carbocycles. The highest BCUT2D eigenvalue weighted by molar-refractivity contribution is 6.08. The number of fused-ring (bicyclic) bond motifs is 12. The fraction of sp³-hybridized carbons (Fsp3) is 0.0714. The molecule has 0 radical (unpaired) electrons. The molecule has 1 unspecified atom stereocenters. The summed E-state index contributed by atoms with van der Waals surface area (Å²) < 4.78 is 0. The summed E-state index contributed by atoms with van der Waals surface area (Å²) in [5.41, 5.74) is 21.3. The molecule has 0 bridgehead atoms. The number of hydrogen-bond donors (Lipinski definition) is 0. The fourth-order valence-electron chi connectivity index (χ4n) is 10.9. The maximum absolute atomic E-state index is 2.52. The van der Waals surface area contributed by atoms with Gasteiger partial charge >= 0.3 is 0 Å².